The Balaban J connectivity index is 1.78. The molecule has 2 heterocycles. The van der Waals surface area contributed by atoms with Crippen molar-refractivity contribution >= 4 is 33.4 Å². The van der Waals surface area contributed by atoms with Gasteiger partial charge in [-0.1, -0.05) is 60.1 Å². The quantitative estimate of drug-likeness (QED) is 0.414. The molecule has 0 bridgehead atoms. The second kappa shape index (κ2) is 7.15. The number of pyridine rings is 1. The van der Waals surface area contributed by atoms with Crippen LogP contribution in [0.1, 0.15) is 5.56 Å². The van der Waals surface area contributed by atoms with Gasteiger partial charge in [0.05, 0.1) is 23.0 Å². The van der Waals surface area contributed by atoms with Crippen LogP contribution in [0.2, 0.25) is 5.02 Å². The van der Waals surface area contributed by atoms with E-state index in [9.17, 15) is 4.79 Å². The molecule has 0 N–H and O–H groups in total. The van der Waals surface area contributed by atoms with Crippen LogP contribution in [0.15, 0.2) is 89.9 Å². The van der Waals surface area contributed by atoms with E-state index in [0.717, 1.165) is 22.0 Å². The Morgan fingerprint density at radius 3 is 2.52 bits per heavy atom. The Hall–Kier alpha value is -3.50. The lowest BCUT2D eigenvalue weighted by Crippen LogP contribution is -2.24. The summed E-state index contributed by atoms with van der Waals surface area (Å²) in [5.74, 6) is 0.590. The van der Waals surface area contributed by atoms with Gasteiger partial charge in [0.15, 0.2) is 0 Å². The first kappa shape index (κ1) is 17.6. The van der Waals surface area contributed by atoms with Gasteiger partial charge in [-0.3, -0.25) is 14.3 Å². The lowest BCUT2D eigenvalue weighted by atomic mass is 10.1. The molecule has 4 nitrogen and oxygen atoms in total. The number of fused-ring (bicyclic) bond motifs is 2. The van der Waals surface area contributed by atoms with E-state index in [4.69, 9.17) is 16.6 Å². The van der Waals surface area contributed by atoms with Crippen molar-refractivity contribution in [3.05, 3.63) is 106 Å². The van der Waals surface area contributed by atoms with Gasteiger partial charge in [0.1, 0.15) is 5.82 Å². The Morgan fingerprint density at radius 1 is 0.862 bits per heavy atom. The monoisotopic (exact) mass is 397 g/mol. The predicted octanol–water partition coefficient (Wildman–Crippen LogP) is 5.31. The highest BCUT2D eigenvalue weighted by Gasteiger charge is 2.14. The summed E-state index contributed by atoms with van der Waals surface area (Å²) in [6.07, 6.45) is 1.77. The highest BCUT2D eigenvalue weighted by Crippen LogP contribution is 2.24. The maximum absolute atomic E-state index is 13.4. The van der Waals surface area contributed by atoms with E-state index in [1.807, 2.05) is 60.7 Å². The summed E-state index contributed by atoms with van der Waals surface area (Å²) in [7, 11) is 0. The van der Waals surface area contributed by atoms with Gasteiger partial charge in [0.2, 0.25) is 0 Å². The summed E-state index contributed by atoms with van der Waals surface area (Å²) in [5.41, 5.74) is 3.22. The highest BCUT2D eigenvalue weighted by atomic mass is 35.5. The van der Waals surface area contributed by atoms with E-state index in [-0.39, 0.29) is 5.56 Å². The van der Waals surface area contributed by atoms with E-state index in [1.54, 1.807) is 29.0 Å². The Bertz CT molecular complexity index is 1410. The van der Waals surface area contributed by atoms with Gasteiger partial charge in [-0.25, -0.2) is 4.98 Å². The summed E-state index contributed by atoms with van der Waals surface area (Å²) >= 11 is 6.14. The lowest BCUT2D eigenvalue weighted by Gasteiger charge is -2.14. The molecule has 140 valence electrons. The minimum atomic E-state index is -0.121. The van der Waals surface area contributed by atoms with Gasteiger partial charge < -0.3 is 0 Å². The van der Waals surface area contributed by atoms with Gasteiger partial charge >= 0.3 is 0 Å². The number of hydrogen-bond donors (Lipinski definition) is 0. The normalized spacial score (nSPS) is 11.2. The molecule has 0 fully saturated rings. The number of aromatic nitrogens is 3. The van der Waals surface area contributed by atoms with Gasteiger partial charge in [-0.05, 0) is 35.9 Å². The van der Waals surface area contributed by atoms with Crippen LogP contribution in [0.4, 0.5) is 0 Å². The zero-order valence-electron chi connectivity index (χ0n) is 15.4. The molecular weight excluding hydrogens is 382 g/mol. The van der Waals surface area contributed by atoms with Crippen molar-refractivity contribution in [2.24, 2.45) is 0 Å². The third-order valence-corrected chi connectivity index (χ3v) is 5.18. The Labute approximate surface area is 172 Å². The zero-order chi connectivity index (χ0) is 19.8. The standard InChI is InChI=1S/C24H16ClN3O/c25-19-10-11-22-20(13-19)24(29)28(15-16-6-2-1-3-7-16)23(27-22)18-12-17-8-4-5-9-21(17)26-14-18/h1-14H,15H2. The number of nitrogens with zero attached hydrogens (tertiary/aromatic N) is 3. The molecule has 2 aromatic heterocycles. The van der Waals surface area contributed by atoms with Gasteiger partial charge in [0.25, 0.3) is 5.56 Å². The first-order chi connectivity index (χ1) is 14.2. The summed E-state index contributed by atoms with van der Waals surface area (Å²) in [6, 6.07) is 25.0. The molecule has 0 amide bonds. The van der Waals surface area contributed by atoms with Crippen molar-refractivity contribution in [3.8, 4) is 11.4 Å². The Morgan fingerprint density at radius 2 is 1.66 bits per heavy atom. The van der Waals surface area contributed by atoms with Gasteiger partial charge in [0, 0.05) is 22.2 Å². The number of halogens is 1. The van der Waals surface area contributed by atoms with Crippen LogP contribution in [0.25, 0.3) is 33.2 Å². The fourth-order valence-corrected chi connectivity index (χ4v) is 3.69. The van der Waals surface area contributed by atoms with E-state index < -0.39 is 0 Å². The molecule has 0 aliphatic rings. The topological polar surface area (TPSA) is 47.8 Å². The SMILES string of the molecule is O=c1c2cc(Cl)ccc2nc(-c2cnc3ccccc3c2)n1Cc1ccccc1. The minimum Gasteiger partial charge on any atom is -0.288 e. The van der Waals surface area contributed by atoms with Crippen LogP contribution in [0.3, 0.4) is 0 Å². The summed E-state index contributed by atoms with van der Waals surface area (Å²) in [4.78, 5) is 22.8. The molecule has 0 unspecified atom stereocenters. The third-order valence-electron chi connectivity index (χ3n) is 4.95. The molecular formula is C24H16ClN3O. The predicted molar refractivity (Wildman–Crippen MR) is 117 cm³/mol. The molecule has 0 saturated heterocycles. The van der Waals surface area contributed by atoms with Crippen LogP contribution >= 0.6 is 11.6 Å². The number of hydrogen-bond acceptors (Lipinski definition) is 3. The van der Waals surface area contributed by atoms with E-state index in [0.29, 0.717) is 28.3 Å². The molecule has 0 aliphatic heterocycles. The average molecular weight is 398 g/mol. The molecule has 0 spiro atoms. The van der Waals surface area contributed by atoms with Crippen LogP contribution < -0.4 is 5.56 Å². The molecule has 3 aromatic carbocycles. The molecule has 5 heteroatoms. The van der Waals surface area contributed by atoms with Crippen molar-refractivity contribution in [1.82, 2.24) is 14.5 Å². The molecule has 5 rings (SSSR count). The van der Waals surface area contributed by atoms with Crippen molar-refractivity contribution < 1.29 is 0 Å². The van der Waals surface area contributed by atoms with E-state index >= 15 is 0 Å². The number of para-hydroxylation sites is 1. The van der Waals surface area contributed by atoms with Crippen molar-refractivity contribution in [2.75, 3.05) is 0 Å². The molecule has 0 saturated carbocycles. The Kier molecular flexibility index (Phi) is 4.34. The highest BCUT2D eigenvalue weighted by molar-refractivity contribution is 6.31. The average Bonchev–Trinajstić information content (AvgIpc) is 2.76. The van der Waals surface area contributed by atoms with Crippen LogP contribution in [-0.2, 0) is 6.54 Å². The second-order valence-electron chi connectivity index (χ2n) is 6.89. The maximum Gasteiger partial charge on any atom is 0.262 e. The van der Waals surface area contributed by atoms with E-state index in [2.05, 4.69) is 4.98 Å². The third kappa shape index (κ3) is 3.28. The molecule has 0 atom stereocenters. The van der Waals surface area contributed by atoms with Crippen LogP contribution in [0, 0.1) is 0 Å². The molecule has 0 aliphatic carbocycles. The molecule has 5 aromatic rings. The van der Waals surface area contributed by atoms with Crippen molar-refractivity contribution in [3.63, 3.8) is 0 Å². The smallest absolute Gasteiger partial charge is 0.262 e. The van der Waals surface area contributed by atoms with Crippen molar-refractivity contribution in [2.45, 2.75) is 6.54 Å². The van der Waals surface area contributed by atoms with Crippen molar-refractivity contribution in [1.29, 1.82) is 0 Å². The summed E-state index contributed by atoms with van der Waals surface area (Å²) in [5, 5.41) is 2.02. The first-order valence-electron chi connectivity index (χ1n) is 9.28. The molecule has 29 heavy (non-hydrogen) atoms. The molecule has 0 radical (unpaired) electrons. The van der Waals surface area contributed by atoms with Gasteiger partial charge in [-0.2, -0.15) is 0 Å². The van der Waals surface area contributed by atoms with Gasteiger partial charge in [-0.15, -0.1) is 0 Å². The largest absolute Gasteiger partial charge is 0.288 e. The second-order valence-corrected chi connectivity index (χ2v) is 7.33. The van der Waals surface area contributed by atoms with Crippen LogP contribution in [-0.4, -0.2) is 14.5 Å². The maximum atomic E-state index is 13.4. The van der Waals surface area contributed by atoms with Crippen LogP contribution in [0.5, 0.6) is 0 Å². The number of benzene rings is 3. The lowest BCUT2D eigenvalue weighted by molar-refractivity contribution is 0.759. The fraction of sp³-hybridized carbons (Fsp3) is 0.0417. The fourth-order valence-electron chi connectivity index (χ4n) is 3.52. The summed E-state index contributed by atoms with van der Waals surface area (Å²) in [6.45, 7) is 0.414. The minimum absolute atomic E-state index is 0.121. The summed E-state index contributed by atoms with van der Waals surface area (Å²) < 4.78 is 1.69. The zero-order valence-corrected chi connectivity index (χ0v) is 16.2. The number of rotatable bonds is 3. The van der Waals surface area contributed by atoms with E-state index in [1.165, 1.54) is 0 Å². The first-order valence-corrected chi connectivity index (χ1v) is 9.66.